The summed E-state index contributed by atoms with van der Waals surface area (Å²) in [4.78, 5) is 0. The summed E-state index contributed by atoms with van der Waals surface area (Å²) < 4.78 is 0. The van der Waals surface area contributed by atoms with Crippen molar-refractivity contribution >= 4 is 11.8 Å². The summed E-state index contributed by atoms with van der Waals surface area (Å²) in [5.41, 5.74) is 0. The maximum absolute atomic E-state index is 2.71. The molecule has 0 aromatic heterocycles. The summed E-state index contributed by atoms with van der Waals surface area (Å²) in [5, 5.41) is 5.37. The van der Waals surface area contributed by atoms with Crippen LogP contribution in [0.15, 0.2) is 0 Å². The molecule has 0 amide bonds. The zero-order valence-electron chi connectivity index (χ0n) is 16.0. The van der Waals surface area contributed by atoms with Crippen LogP contribution in [-0.4, -0.2) is 47.7 Å². The van der Waals surface area contributed by atoms with Crippen LogP contribution in [0.2, 0.25) is 0 Å². The van der Waals surface area contributed by atoms with E-state index in [0.717, 1.165) is 0 Å². The molecular formula is C20H42N2S. The van der Waals surface area contributed by atoms with E-state index >= 15 is 0 Å². The first-order chi connectivity index (χ1) is 11.4. The summed E-state index contributed by atoms with van der Waals surface area (Å²) in [6, 6.07) is 0. The Morgan fingerprint density at radius 3 is 1.57 bits per heavy atom. The average molecular weight is 343 g/mol. The maximum Gasteiger partial charge on any atom is 0.0224 e. The van der Waals surface area contributed by atoms with Gasteiger partial charge in [0.25, 0.3) is 0 Å². The van der Waals surface area contributed by atoms with Crippen LogP contribution in [0.25, 0.3) is 0 Å². The van der Waals surface area contributed by atoms with Crippen molar-refractivity contribution in [2.45, 2.75) is 90.9 Å². The molecular weight excluding hydrogens is 300 g/mol. The summed E-state index contributed by atoms with van der Waals surface area (Å²) in [5.74, 6) is 2.65. The van der Waals surface area contributed by atoms with Crippen molar-refractivity contribution in [3.63, 3.8) is 0 Å². The van der Waals surface area contributed by atoms with Gasteiger partial charge in [-0.3, -0.25) is 0 Å². The largest absolute Gasteiger partial charge is 0.242 e. The predicted octanol–water partition coefficient (Wildman–Crippen LogP) is 5.97. The molecule has 0 radical (unpaired) electrons. The number of thioether (sulfide) groups is 1. The van der Waals surface area contributed by atoms with Crippen LogP contribution >= 0.6 is 11.8 Å². The van der Waals surface area contributed by atoms with E-state index in [1.165, 1.54) is 115 Å². The van der Waals surface area contributed by atoms with Gasteiger partial charge >= 0.3 is 0 Å². The van der Waals surface area contributed by atoms with Gasteiger partial charge in [-0.05, 0) is 12.8 Å². The lowest BCUT2D eigenvalue weighted by molar-refractivity contribution is -0.0194. The van der Waals surface area contributed by atoms with Crippen molar-refractivity contribution in [2.75, 3.05) is 37.7 Å². The minimum absolute atomic E-state index is 1.27. The maximum atomic E-state index is 2.71. The molecule has 0 aliphatic carbocycles. The lowest BCUT2D eigenvalue weighted by Crippen LogP contribution is -2.47. The van der Waals surface area contributed by atoms with Crippen molar-refractivity contribution in [2.24, 2.45) is 0 Å². The summed E-state index contributed by atoms with van der Waals surface area (Å²) in [6.45, 7) is 9.75. The highest BCUT2D eigenvalue weighted by atomic mass is 32.2. The first-order valence-electron chi connectivity index (χ1n) is 10.5. The van der Waals surface area contributed by atoms with Crippen LogP contribution in [0.3, 0.4) is 0 Å². The first-order valence-corrected chi connectivity index (χ1v) is 11.6. The minimum Gasteiger partial charge on any atom is -0.242 e. The summed E-state index contributed by atoms with van der Waals surface area (Å²) in [6.07, 6.45) is 16.9. The molecule has 2 nitrogen and oxygen atoms in total. The fourth-order valence-electron chi connectivity index (χ4n) is 3.38. The number of nitrogens with zero attached hydrogens (tertiary/aromatic N) is 2. The van der Waals surface area contributed by atoms with Gasteiger partial charge < -0.3 is 0 Å². The zero-order chi connectivity index (χ0) is 16.6. The monoisotopic (exact) mass is 342 g/mol. The van der Waals surface area contributed by atoms with E-state index in [4.69, 9.17) is 0 Å². The number of hydrogen-bond acceptors (Lipinski definition) is 3. The standard InChI is InChI=1S/C20H42N2S/c1-3-5-7-9-11-13-15-21(22-17-19-23-20-18-22)16-14-12-10-8-6-4-2/h3-20H2,1-2H3. The van der Waals surface area contributed by atoms with E-state index in [-0.39, 0.29) is 0 Å². The second kappa shape index (κ2) is 15.8. The van der Waals surface area contributed by atoms with Crippen molar-refractivity contribution in [3.8, 4) is 0 Å². The second-order valence-corrected chi connectivity index (χ2v) is 8.28. The highest BCUT2D eigenvalue weighted by Gasteiger charge is 2.17. The molecule has 138 valence electrons. The Hall–Kier alpha value is 0.270. The van der Waals surface area contributed by atoms with E-state index in [1.54, 1.807) is 0 Å². The number of hydrazine groups is 1. The molecule has 1 aliphatic rings. The van der Waals surface area contributed by atoms with Crippen LogP contribution < -0.4 is 0 Å². The molecule has 1 aliphatic heterocycles. The lowest BCUT2D eigenvalue weighted by atomic mass is 10.1. The Labute approximate surface area is 150 Å². The van der Waals surface area contributed by atoms with Gasteiger partial charge in [0.05, 0.1) is 0 Å². The van der Waals surface area contributed by atoms with Crippen LogP contribution in [0, 0.1) is 0 Å². The third-order valence-electron chi connectivity index (χ3n) is 4.93. The Morgan fingerprint density at radius 1 is 0.652 bits per heavy atom. The van der Waals surface area contributed by atoms with Gasteiger partial charge in [-0.2, -0.15) is 11.8 Å². The van der Waals surface area contributed by atoms with E-state index in [1.807, 2.05) is 0 Å². The molecule has 1 heterocycles. The molecule has 0 atom stereocenters. The van der Waals surface area contributed by atoms with Gasteiger partial charge in [0.1, 0.15) is 0 Å². The van der Waals surface area contributed by atoms with Crippen molar-refractivity contribution in [1.82, 2.24) is 10.0 Å². The molecule has 0 N–H and O–H groups in total. The van der Waals surface area contributed by atoms with Crippen molar-refractivity contribution in [3.05, 3.63) is 0 Å². The van der Waals surface area contributed by atoms with Gasteiger partial charge in [0.2, 0.25) is 0 Å². The molecule has 0 bridgehead atoms. The first kappa shape index (κ1) is 21.3. The van der Waals surface area contributed by atoms with Crippen LogP contribution in [0.5, 0.6) is 0 Å². The fraction of sp³-hybridized carbons (Fsp3) is 1.00. The van der Waals surface area contributed by atoms with Gasteiger partial charge in [0.15, 0.2) is 0 Å². The predicted molar refractivity (Wildman–Crippen MR) is 107 cm³/mol. The zero-order valence-corrected chi connectivity index (χ0v) is 16.8. The molecule has 1 rings (SSSR count). The van der Waals surface area contributed by atoms with E-state index in [2.05, 4.69) is 35.6 Å². The lowest BCUT2D eigenvalue weighted by Gasteiger charge is -2.37. The number of hydrogen-bond donors (Lipinski definition) is 0. The quantitative estimate of drug-likeness (QED) is 0.338. The smallest absolute Gasteiger partial charge is 0.0224 e. The normalized spacial score (nSPS) is 16.3. The van der Waals surface area contributed by atoms with Crippen LogP contribution in [0.1, 0.15) is 90.9 Å². The molecule has 1 saturated heterocycles. The van der Waals surface area contributed by atoms with Crippen LogP contribution in [0.4, 0.5) is 0 Å². The third-order valence-corrected chi connectivity index (χ3v) is 5.87. The third kappa shape index (κ3) is 11.4. The van der Waals surface area contributed by atoms with E-state index in [9.17, 15) is 0 Å². The molecule has 3 heteroatoms. The van der Waals surface area contributed by atoms with E-state index in [0.29, 0.717) is 0 Å². The van der Waals surface area contributed by atoms with Crippen molar-refractivity contribution < 1.29 is 0 Å². The topological polar surface area (TPSA) is 6.48 Å². The Bertz CT molecular complexity index is 226. The SMILES string of the molecule is CCCCCCCCN(CCCCCCCC)N1CCSCC1. The molecule has 23 heavy (non-hydrogen) atoms. The molecule has 0 aromatic carbocycles. The number of unbranched alkanes of at least 4 members (excludes halogenated alkanes) is 10. The summed E-state index contributed by atoms with van der Waals surface area (Å²) >= 11 is 2.12. The van der Waals surface area contributed by atoms with Crippen molar-refractivity contribution in [1.29, 1.82) is 0 Å². The van der Waals surface area contributed by atoms with Crippen LogP contribution in [-0.2, 0) is 0 Å². The molecule has 1 fully saturated rings. The second-order valence-electron chi connectivity index (χ2n) is 7.06. The van der Waals surface area contributed by atoms with Gasteiger partial charge in [-0.25, -0.2) is 10.0 Å². The van der Waals surface area contributed by atoms with Gasteiger partial charge in [0, 0.05) is 37.7 Å². The Morgan fingerprint density at radius 2 is 1.09 bits per heavy atom. The highest BCUT2D eigenvalue weighted by Crippen LogP contribution is 2.15. The number of rotatable bonds is 15. The Balaban J connectivity index is 2.17. The molecule has 0 unspecified atom stereocenters. The minimum atomic E-state index is 1.27. The molecule has 0 spiro atoms. The average Bonchev–Trinajstić information content (AvgIpc) is 2.60. The van der Waals surface area contributed by atoms with Gasteiger partial charge in [-0.15, -0.1) is 0 Å². The summed E-state index contributed by atoms with van der Waals surface area (Å²) in [7, 11) is 0. The molecule has 0 aromatic rings. The van der Waals surface area contributed by atoms with Gasteiger partial charge in [-0.1, -0.05) is 78.1 Å². The van der Waals surface area contributed by atoms with E-state index < -0.39 is 0 Å². The molecule has 0 saturated carbocycles. The Kier molecular flexibility index (Phi) is 14.6. The fourth-order valence-corrected chi connectivity index (χ4v) is 4.26. The highest BCUT2D eigenvalue weighted by molar-refractivity contribution is 7.99.